The lowest BCUT2D eigenvalue weighted by molar-refractivity contribution is 0.0738. The van der Waals surface area contributed by atoms with Gasteiger partial charge in [0.1, 0.15) is 5.75 Å². The van der Waals surface area contributed by atoms with E-state index in [-0.39, 0.29) is 24.4 Å². The third kappa shape index (κ3) is 3.73. The van der Waals surface area contributed by atoms with Gasteiger partial charge in [0.05, 0.1) is 12.2 Å². The molecule has 5 heteroatoms. The topological polar surface area (TPSA) is 55.6 Å². The van der Waals surface area contributed by atoms with Crippen LogP contribution in [0.4, 0.5) is 0 Å². The fourth-order valence-corrected chi connectivity index (χ4v) is 3.01. The molecule has 1 amide bonds. The molecule has 1 aromatic rings. The van der Waals surface area contributed by atoms with E-state index in [4.69, 9.17) is 10.5 Å². The van der Waals surface area contributed by atoms with Crippen molar-refractivity contribution >= 4 is 18.3 Å². The van der Waals surface area contributed by atoms with E-state index >= 15 is 0 Å². The Morgan fingerprint density at radius 3 is 2.68 bits per heavy atom. The van der Waals surface area contributed by atoms with Crippen molar-refractivity contribution < 1.29 is 9.53 Å². The number of amides is 1. The van der Waals surface area contributed by atoms with Crippen LogP contribution in [-0.2, 0) is 0 Å². The smallest absolute Gasteiger partial charge is 0.257 e. The number of para-hydroxylation sites is 1. The summed E-state index contributed by atoms with van der Waals surface area (Å²) < 4.78 is 5.86. The van der Waals surface area contributed by atoms with Crippen LogP contribution in [0.25, 0.3) is 0 Å². The molecule has 1 saturated heterocycles. The van der Waals surface area contributed by atoms with Crippen molar-refractivity contribution in [3.05, 3.63) is 29.8 Å². The lowest BCUT2D eigenvalue weighted by Crippen LogP contribution is -2.34. The normalized spacial score (nSPS) is 24.0. The molecule has 2 aliphatic rings. The Morgan fingerprint density at radius 2 is 2.05 bits per heavy atom. The van der Waals surface area contributed by atoms with Gasteiger partial charge in [0, 0.05) is 12.6 Å². The van der Waals surface area contributed by atoms with Crippen molar-refractivity contribution in [2.75, 3.05) is 19.7 Å². The number of carbonyl (C=O) groups excluding carboxylic acids is 1. The molecule has 1 heterocycles. The number of benzene rings is 1. The van der Waals surface area contributed by atoms with E-state index in [1.807, 2.05) is 29.2 Å². The first-order valence-electron chi connectivity index (χ1n) is 7.92. The molecule has 0 bridgehead atoms. The van der Waals surface area contributed by atoms with Crippen LogP contribution in [0.1, 0.15) is 36.5 Å². The van der Waals surface area contributed by atoms with Gasteiger partial charge < -0.3 is 15.4 Å². The number of likely N-dealkylation sites (tertiary alicyclic amines) is 1. The molecule has 3 rings (SSSR count). The van der Waals surface area contributed by atoms with Gasteiger partial charge in [-0.05, 0) is 56.7 Å². The van der Waals surface area contributed by atoms with Crippen molar-refractivity contribution in [2.45, 2.75) is 32.2 Å². The Hall–Kier alpha value is -1.26. The zero-order valence-corrected chi connectivity index (χ0v) is 13.8. The molecule has 2 N–H and O–H groups in total. The van der Waals surface area contributed by atoms with Gasteiger partial charge >= 0.3 is 0 Å². The van der Waals surface area contributed by atoms with Gasteiger partial charge in [-0.2, -0.15) is 0 Å². The number of ether oxygens (including phenoxy) is 1. The lowest BCUT2D eigenvalue weighted by Gasteiger charge is -2.23. The average molecular weight is 325 g/mol. The largest absolute Gasteiger partial charge is 0.492 e. The number of hydrogen-bond donors (Lipinski definition) is 1. The summed E-state index contributed by atoms with van der Waals surface area (Å²) >= 11 is 0. The molecule has 0 spiro atoms. The zero-order valence-electron chi connectivity index (χ0n) is 13.0. The summed E-state index contributed by atoms with van der Waals surface area (Å²) in [6.07, 6.45) is 3.49. The van der Waals surface area contributed by atoms with E-state index in [0.29, 0.717) is 23.9 Å². The van der Waals surface area contributed by atoms with E-state index in [9.17, 15) is 4.79 Å². The number of halogens is 1. The molecule has 22 heavy (non-hydrogen) atoms. The predicted molar refractivity (Wildman–Crippen MR) is 89.6 cm³/mol. The molecule has 0 radical (unpaired) electrons. The summed E-state index contributed by atoms with van der Waals surface area (Å²) in [6, 6.07) is 7.85. The number of rotatable bonds is 5. The first-order chi connectivity index (χ1) is 10.2. The summed E-state index contributed by atoms with van der Waals surface area (Å²) in [7, 11) is 0. The lowest BCUT2D eigenvalue weighted by atomic mass is 10.1. The maximum atomic E-state index is 12.8. The first kappa shape index (κ1) is 17.1. The fraction of sp³-hybridized carbons (Fsp3) is 0.588. The van der Waals surface area contributed by atoms with Gasteiger partial charge in [-0.3, -0.25) is 4.79 Å². The Morgan fingerprint density at radius 1 is 1.32 bits per heavy atom. The van der Waals surface area contributed by atoms with Crippen LogP contribution in [0, 0.1) is 11.8 Å². The van der Waals surface area contributed by atoms with Crippen LogP contribution >= 0.6 is 12.4 Å². The van der Waals surface area contributed by atoms with Crippen molar-refractivity contribution in [3.63, 3.8) is 0 Å². The van der Waals surface area contributed by atoms with Crippen molar-refractivity contribution in [3.8, 4) is 5.75 Å². The highest BCUT2D eigenvalue weighted by molar-refractivity contribution is 5.97. The van der Waals surface area contributed by atoms with E-state index < -0.39 is 0 Å². The highest BCUT2D eigenvalue weighted by atomic mass is 35.5. The number of nitrogens with two attached hydrogens (primary N) is 1. The van der Waals surface area contributed by atoms with Crippen molar-refractivity contribution in [1.29, 1.82) is 0 Å². The Labute approximate surface area is 138 Å². The second-order valence-electron chi connectivity index (χ2n) is 6.39. The first-order valence-corrected chi connectivity index (χ1v) is 7.92. The van der Waals surface area contributed by atoms with E-state index in [1.54, 1.807) is 0 Å². The minimum Gasteiger partial charge on any atom is -0.492 e. The van der Waals surface area contributed by atoms with E-state index in [1.165, 1.54) is 12.8 Å². The molecule has 2 unspecified atom stereocenters. The van der Waals surface area contributed by atoms with Gasteiger partial charge in [0.2, 0.25) is 0 Å². The molecular weight excluding hydrogens is 300 g/mol. The number of nitrogens with zero attached hydrogens (tertiary/aromatic N) is 1. The fourth-order valence-electron chi connectivity index (χ4n) is 3.01. The van der Waals surface area contributed by atoms with Crippen LogP contribution in [-0.4, -0.2) is 36.5 Å². The Kier molecular flexibility index (Phi) is 5.70. The quantitative estimate of drug-likeness (QED) is 0.906. The summed E-state index contributed by atoms with van der Waals surface area (Å²) in [5.74, 6) is 1.90. The standard InChI is InChI=1S/C17H24N2O2.ClH/c1-12-8-14(9-18)10-19(12)17(20)15-4-2-3-5-16(15)21-11-13-6-7-13;/h2-5,12-14H,6-11,18H2,1H3;1H. The van der Waals surface area contributed by atoms with Gasteiger partial charge in [-0.15, -0.1) is 12.4 Å². The molecule has 1 aliphatic heterocycles. The molecule has 4 nitrogen and oxygen atoms in total. The second kappa shape index (κ2) is 7.34. The maximum absolute atomic E-state index is 12.8. The summed E-state index contributed by atoms with van der Waals surface area (Å²) in [5.41, 5.74) is 6.44. The molecular formula is C17H25ClN2O2. The summed E-state index contributed by atoms with van der Waals surface area (Å²) in [4.78, 5) is 14.7. The average Bonchev–Trinajstić information content (AvgIpc) is 3.26. The van der Waals surface area contributed by atoms with E-state index in [0.717, 1.165) is 25.3 Å². The summed E-state index contributed by atoms with van der Waals surface area (Å²) in [5, 5.41) is 0. The molecule has 1 aliphatic carbocycles. The van der Waals surface area contributed by atoms with Gasteiger partial charge in [0.25, 0.3) is 5.91 Å². The second-order valence-corrected chi connectivity index (χ2v) is 6.39. The third-order valence-electron chi connectivity index (χ3n) is 4.54. The van der Waals surface area contributed by atoms with Crippen molar-refractivity contribution in [1.82, 2.24) is 4.90 Å². The van der Waals surface area contributed by atoms with Crippen LogP contribution in [0.5, 0.6) is 5.75 Å². The third-order valence-corrected chi connectivity index (χ3v) is 4.54. The maximum Gasteiger partial charge on any atom is 0.257 e. The SMILES string of the molecule is CC1CC(CN)CN1C(=O)c1ccccc1OCC1CC1.Cl. The highest BCUT2D eigenvalue weighted by Crippen LogP contribution is 2.31. The Bertz CT molecular complexity index is 519. The summed E-state index contributed by atoms with van der Waals surface area (Å²) in [6.45, 7) is 4.23. The molecule has 122 valence electrons. The van der Waals surface area contributed by atoms with Gasteiger partial charge in [-0.25, -0.2) is 0 Å². The molecule has 2 fully saturated rings. The molecule has 1 aromatic carbocycles. The van der Waals surface area contributed by atoms with Gasteiger partial charge in [-0.1, -0.05) is 12.1 Å². The number of carbonyl (C=O) groups is 1. The van der Waals surface area contributed by atoms with Crippen molar-refractivity contribution in [2.24, 2.45) is 17.6 Å². The minimum atomic E-state index is 0. The molecule has 0 aromatic heterocycles. The monoisotopic (exact) mass is 324 g/mol. The zero-order chi connectivity index (χ0) is 14.8. The van der Waals surface area contributed by atoms with E-state index in [2.05, 4.69) is 6.92 Å². The van der Waals surface area contributed by atoms with Crippen LogP contribution in [0.2, 0.25) is 0 Å². The highest BCUT2D eigenvalue weighted by Gasteiger charge is 2.33. The predicted octanol–water partition coefficient (Wildman–Crippen LogP) is 2.71. The minimum absolute atomic E-state index is 0. The van der Waals surface area contributed by atoms with Crippen LogP contribution in [0.15, 0.2) is 24.3 Å². The molecule has 2 atom stereocenters. The number of hydrogen-bond acceptors (Lipinski definition) is 3. The Balaban J connectivity index is 0.00000176. The molecule has 1 saturated carbocycles. The van der Waals surface area contributed by atoms with Crippen LogP contribution < -0.4 is 10.5 Å². The van der Waals surface area contributed by atoms with Crippen LogP contribution in [0.3, 0.4) is 0 Å². The van der Waals surface area contributed by atoms with Gasteiger partial charge in [0.15, 0.2) is 0 Å².